The van der Waals surface area contributed by atoms with E-state index in [1.165, 1.54) is 4.68 Å². The molecule has 1 aromatic heterocycles. The summed E-state index contributed by atoms with van der Waals surface area (Å²) < 4.78 is 1.42. The Balaban J connectivity index is 2.76. The molecule has 0 saturated heterocycles. The van der Waals surface area contributed by atoms with E-state index in [0.29, 0.717) is 24.1 Å². The van der Waals surface area contributed by atoms with Gasteiger partial charge in [-0.3, -0.25) is 4.79 Å². The second kappa shape index (κ2) is 7.80. The van der Waals surface area contributed by atoms with Crippen LogP contribution < -0.4 is 10.9 Å². The Morgan fingerprint density at radius 3 is 2.74 bits per heavy atom. The predicted molar refractivity (Wildman–Crippen MR) is 84.4 cm³/mol. The van der Waals surface area contributed by atoms with E-state index < -0.39 is 0 Å². The topological polar surface area (TPSA) is 46.9 Å². The van der Waals surface area contributed by atoms with Gasteiger partial charge in [0.1, 0.15) is 5.02 Å². The Hall–Kier alpha value is -0.680. The number of halogens is 1. The normalized spacial score (nSPS) is 12.7. The second-order valence-corrected chi connectivity index (χ2v) is 6.48. The lowest BCUT2D eigenvalue weighted by atomic mass is 10.2. The number of hydrogen-bond acceptors (Lipinski definition) is 4. The van der Waals surface area contributed by atoms with Crippen molar-refractivity contribution in [1.82, 2.24) is 9.78 Å². The molecule has 0 fully saturated rings. The summed E-state index contributed by atoms with van der Waals surface area (Å²) >= 11 is 7.91. The van der Waals surface area contributed by atoms with Gasteiger partial charge in [0.2, 0.25) is 0 Å². The minimum atomic E-state index is -0.224. The third-order valence-electron chi connectivity index (χ3n) is 2.62. The maximum Gasteiger partial charge on any atom is 0.287 e. The van der Waals surface area contributed by atoms with Crippen LogP contribution >= 0.6 is 23.4 Å². The van der Waals surface area contributed by atoms with Gasteiger partial charge in [-0.25, -0.2) is 4.68 Å². The molecule has 108 valence electrons. The van der Waals surface area contributed by atoms with Crippen LogP contribution in [-0.2, 0) is 6.54 Å². The minimum Gasteiger partial charge on any atom is -0.382 e. The van der Waals surface area contributed by atoms with Crippen molar-refractivity contribution in [2.75, 3.05) is 23.9 Å². The van der Waals surface area contributed by atoms with E-state index in [2.05, 4.69) is 23.6 Å². The molecule has 4 nitrogen and oxygen atoms in total. The van der Waals surface area contributed by atoms with Gasteiger partial charge < -0.3 is 5.32 Å². The maximum absolute atomic E-state index is 12.0. The lowest BCUT2D eigenvalue weighted by Gasteiger charge is -2.14. The molecular weight excluding hydrogens is 282 g/mol. The molecule has 0 saturated carbocycles. The quantitative estimate of drug-likeness (QED) is 0.841. The molecule has 1 heterocycles. The van der Waals surface area contributed by atoms with E-state index in [0.717, 1.165) is 12.3 Å². The van der Waals surface area contributed by atoms with Crippen molar-refractivity contribution >= 4 is 29.1 Å². The van der Waals surface area contributed by atoms with Crippen LogP contribution in [0.3, 0.4) is 0 Å². The fraction of sp³-hybridized carbons (Fsp3) is 0.692. The van der Waals surface area contributed by atoms with Gasteiger partial charge in [-0.2, -0.15) is 16.9 Å². The molecule has 0 radical (unpaired) electrons. The lowest BCUT2D eigenvalue weighted by Crippen LogP contribution is -2.26. The maximum atomic E-state index is 12.0. The summed E-state index contributed by atoms with van der Waals surface area (Å²) in [6.45, 7) is 7.61. The number of aromatic nitrogens is 2. The number of thioether (sulfide) groups is 1. The average molecular weight is 304 g/mol. The molecule has 0 aromatic carbocycles. The minimum absolute atomic E-state index is 0.224. The zero-order valence-corrected chi connectivity index (χ0v) is 13.5. The molecule has 0 aliphatic rings. The molecule has 1 rings (SSSR count). The molecule has 1 N–H and O–H groups in total. The van der Waals surface area contributed by atoms with E-state index in [-0.39, 0.29) is 10.6 Å². The van der Waals surface area contributed by atoms with Crippen LogP contribution in [0.4, 0.5) is 5.69 Å². The molecule has 1 unspecified atom stereocenters. The first kappa shape index (κ1) is 16.4. The van der Waals surface area contributed by atoms with Crippen molar-refractivity contribution in [2.24, 2.45) is 11.8 Å². The summed E-state index contributed by atoms with van der Waals surface area (Å²) in [6.07, 6.45) is 3.72. The van der Waals surface area contributed by atoms with Crippen LogP contribution in [0.2, 0.25) is 5.02 Å². The van der Waals surface area contributed by atoms with Gasteiger partial charge in [-0.15, -0.1) is 0 Å². The molecule has 0 aliphatic heterocycles. The summed E-state index contributed by atoms with van der Waals surface area (Å²) in [7, 11) is 0. The Labute approximate surface area is 123 Å². The van der Waals surface area contributed by atoms with Crippen molar-refractivity contribution in [3.63, 3.8) is 0 Å². The van der Waals surface area contributed by atoms with E-state index in [9.17, 15) is 4.79 Å². The highest BCUT2D eigenvalue weighted by Gasteiger charge is 2.11. The molecule has 0 bridgehead atoms. The van der Waals surface area contributed by atoms with Gasteiger partial charge in [-0.05, 0) is 23.8 Å². The van der Waals surface area contributed by atoms with Crippen LogP contribution in [-0.4, -0.2) is 28.3 Å². The van der Waals surface area contributed by atoms with E-state index in [1.54, 1.807) is 6.20 Å². The van der Waals surface area contributed by atoms with Gasteiger partial charge in [-0.1, -0.05) is 32.4 Å². The summed E-state index contributed by atoms with van der Waals surface area (Å²) in [5.41, 5.74) is 0.400. The number of hydrogen-bond donors (Lipinski definition) is 1. The summed E-state index contributed by atoms with van der Waals surface area (Å²) in [5.74, 6) is 1.95. The first-order valence-electron chi connectivity index (χ1n) is 6.44. The first-order valence-corrected chi connectivity index (χ1v) is 8.21. The van der Waals surface area contributed by atoms with E-state index in [1.807, 2.05) is 25.6 Å². The van der Waals surface area contributed by atoms with Crippen molar-refractivity contribution in [3.05, 3.63) is 21.6 Å². The Kier molecular flexibility index (Phi) is 6.72. The lowest BCUT2D eigenvalue weighted by molar-refractivity contribution is 0.464. The first-order chi connectivity index (χ1) is 8.95. The fourth-order valence-electron chi connectivity index (χ4n) is 1.69. The Bertz CT molecular complexity index is 462. The summed E-state index contributed by atoms with van der Waals surface area (Å²) in [6, 6.07) is 0. The van der Waals surface area contributed by atoms with Crippen molar-refractivity contribution in [2.45, 2.75) is 27.3 Å². The highest BCUT2D eigenvalue weighted by atomic mass is 35.5. The monoisotopic (exact) mass is 303 g/mol. The molecule has 0 amide bonds. The highest BCUT2D eigenvalue weighted by molar-refractivity contribution is 7.98. The predicted octanol–water partition coefficient (Wildman–Crippen LogP) is 2.96. The smallest absolute Gasteiger partial charge is 0.287 e. The number of nitrogens with one attached hydrogen (secondary N) is 1. The van der Waals surface area contributed by atoms with Gasteiger partial charge in [0.25, 0.3) is 5.56 Å². The Morgan fingerprint density at radius 2 is 2.16 bits per heavy atom. The summed E-state index contributed by atoms with van der Waals surface area (Å²) in [5, 5.41) is 7.58. The van der Waals surface area contributed by atoms with E-state index in [4.69, 9.17) is 11.6 Å². The number of anilines is 1. The molecule has 0 aliphatic carbocycles. The highest BCUT2D eigenvalue weighted by Crippen LogP contribution is 2.16. The van der Waals surface area contributed by atoms with Gasteiger partial charge >= 0.3 is 0 Å². The second-order valence-electron chi connectivity index (χ2n) is 5.19. The zero-order valence-electron chi connectivity index (χ0n) is 11.9. The molecule has 19 heavy (non-hydrogen) atoms. The van der Waals surface area contributed by atoms with Gasteiger partial charge in [0.15, 0.2) is 0 Å². The third-order valence-corrected chi connectivity index (χ3v) is 3.88. The Morgan fingerprint density at radius 1 is 1.47 bits per heavy atom. The molecule has 1 aromatic rings. The van der Waals surface area contributed by atoms with Gasteiger partial charge in [0, 0.05) is 13.1 Å². The molecular formula is C13H22ClN3OS. The number of nitrogens with zero attached hydrogens (tertiary/aromatic N) is 2. The van der Waals surface area contributed by atoms with Crippen LogP contribution in [0.1, 0.15) is 20.8 Å². The summed E-state index contributed by atoms with van der Waals surface area (Å²) in [4.78, 5) is 12.0. The van der Waals surface area contributed by atoms with E-state index >= 15 is 0 Å². The number of rotatable bonds is 7. The van der Waals surface area contributed by atoms with Crippen LogP contribution in [0, 0.1) is 11.8 Å². The van der Waals surface area contributed by atoms with Crippen molar-refractivity contribution < 1.29 is 0 Å². The van der Waals surface area contributed by atoms with Crippen LogP contribution in [0.25, 0.3) is 0 Å². The van der Waals surface area contributed by atoms with Crippen LogP contribution in [0.15, 0.2) is 11.0 Å². The molecule has 0 spiro atoms. The van der Waals surface area contributed by atoms with Crippen molar-refractivity contribution in [3.8, 4) is 0 Å². The SMILES string of the molecule is CSCC(C)CNc1cnn(CC(C)C)c(=O)c1Cl. The van der Waals surface area contributed by atoms with Gasteiger partial charge in [0.05, 0.1) is 11.9 Å². The standard InChI is InChI=1S/C13H22ClN3OS/c1-9(2)7-17-13(18)12(14)11(6-16-17)15-5-10(3)8-19-4/h6,9-10,15H,5,7-8H2,1-4H3. The zero-order chi connectivity index (χ0) is 14.4. The fourth-order valence-corrected chi connectivity index (χ4v) is 2.59. The van der Waals surface area contributed by atoms with Crippen LogP contribution in [0.5, 0.6) is 0 Å². The largest absolute Gasteiger partial charge is 0.382 e. The average Bonchev–Trinajstić information content (AvgIpc) is 2.34. The third kappa shape index (κ3) is 5.07. The molecule has 6 heteroatoms. The molecule has 1 atom stereocenters. The van der Waals surface area contributed by atoms with Crippen molar-refractivity contribution in [1.29, 1.82) is 0 Å².